The molecule has 0 bridgehead atoms. The molecule has 1 N–H and O–H groups in total. The van der Waals surface area contributed by atoms with Crippen molar-refractivity contribution in [3.63, 3.8) is 0 Å². The minimum atomic E-state index is -0.01000. The lowest BCUT2D eigenvalue weighted by Crippen LogP contribution is -2.13. The maximum Gasteiger partial charge on any atom is 0.224 e. The number of amides is 1. The number of nitrogens with one attached hydrogen (secondary N) is 1. The molecule has 0 saturated heterocycles. The van der Waals surface area contributed by atoms with Crippen LogP contribution in [0.2, 0.25) is 0 Å². The van der Waals surface area contributed by atoms with E-state index in [4.69, 9.17) is 16.3 Å². The summed E-state index contributed by atoms with van der Waals surface area (Å²) in [5, 5.41) is 2.85. The molecule has 3 nitrogen and oxygen atoms in total. The second kappa shape index (κ2) is 7.25. The van der Waals surface area contributed by atoms with E-state index in [0.717, 1.165) is 11.3 Å². The molecule has 1 rings (SSSR count). The summed E-state index contributed by atoms with van der Waals surface area (Å²) in [5.74, 6) is 0.497. The molecule has 0 spiro atoms. The van der Waals surface area contributed by atoms with Crippen molar-refractivity contribution < 1.29 is 9.53 Å². The molecule has 1 aromatic rings. The third-order valence-electron chi connectivity index (χ3n) is 2.13. The zero-order valence-electron chi connectivity index (χ0n) is 9.33. The van der Waals surface area contributed by atoms with Crippen molar-refractivity contribution in [3.8, 4) is 0 Å². The molecule has 0 fully saturated rings. The molecule has 4 heteroatoms. The van der Waals surface area contributed by atoms with Gasteiger partial charge in [0, 0.05) is 30.7 Å². The van der Waals surface area contributed by atoms with Crippen LogP contribution >= 0.6 is 11.6 Å². The van der Waals surface area contributed by atoms with Crippen LogP contribution in [-0.2, 0) is 16.1 Å². The second-order valence-corrected chi connectivity index (χ2v) is 3.81. The summed E-state index contributed by atoms with van der Waals surface area (Å²) in [6.45, 7) is 0.492. The average molecular weight is 242 g/mol. The number of hydrogen-bond donors (Lipinski definition) is 1. The topological polar surface area (TPSA) is 38.3 Å². The van der Waals surface area contributed by atoms with E-state index >= 15 is 0 Å². The summed E-state index contributed by atoms with van der Waals surface area (Å²) in [4.78, 5) is 11.5. The lowest BCUT2D eigenvalue weighted by Gasteiger charge is -2.09. The van der Waals surface area contributed by atoms with Crippen LogP contribution in [0.5, 0.6) is 0 Å². The molecule has 0 saturated carbocycles. The van der Waals surface area contributed by atoms with E-state index in [1.807, 2.05) is 24.3 Å². The number of benzene rings is 1. The first-order valence-electron chi connectivity index (χ1n) is 5.20. The van der Waals surface area contributed by atoms with Crippen molar-refractivity contribution >= 4 is 23.2 Å². The Morgan fingerprint density at radius 3 is 2.88 bits per heavy atom. The lowest BCUT2D eigenvalue weighted by molar-refractivity contribution is -0.116. The van der Waals surface area contributed by atoms with Crippen molar-refractivity contribution in [3.05, 3.63) is 29.8 Å². The number of methoxy groups -OCH3 is 1. The molecule has 0 aromatic heterocycles. The molecule has 0 aliphatic carbocycles. The van der Waals surface area contributed by atoms with E-state index in [0.29, 0.717) is 25.3 Å². The summed E-state index contributed by atoms with van der Waals surface area (Å²) in [6.07, 6.45) is 1.14. The van der Waals surface area contributed by atoms with Crippen LogP contribution in [0, 0.1) is 0 Å². The maximum atomic E-state index is 11.5. The van der Waals surface area contributed by atoms with Gasteiger partial charge in [0.1, 0.15) is 0 Å². The molecule has 0 aliphatic rings. The number of hydrogen-bond acceptors (Lipinski definition) is 2. The van der Waals surface area contributed by atoms with Gasteiger partial charge in [-0.25, -0.2) is 0 Å². The summed E-state index contributed by atoms with van der Waals surface area (Å²) in [7, 11) is 1.63. The Hall–Kier alpha value is -1.06. The van der Waals surface area contributed by atoms with Gasteiger partial charge in [0.2, 0.25) is 5.91 Å². The highest BCUT2D eigenvalue weighted by Crippen LogP contribution is 2.16. The molecule has 0 aliphatic heterocycles. The van der Waals surface area contributed by atoms with E-state index in [1.54, 1.807) is 7.11 Å². The van der Waals surface area contributed by atoms with Gasteiger partial charge in [-0.2, -0.15) is 0 Å². The van der Waals surface area contributed by atoms with Crippen LogP contribution in [0.3, 0.4) is 0 Å². The first-order valence-corrected chi connectivity index (χ1v) is 5.74. The van der Waals surface area contributed by atoms with Crippen LogP contribution in [-0.4, -0.2) is 18.9 Å². The zero-order valence-corrected chi connectivity index (χ0v) is 10.1. The number of rotatable bonds is 6. The quantitative estimate of drug-likeness (QED) is 0.778. The SMILES string of the molecule is COCc1ccccc1NC(=O)CCCCl. The monoisotopic (exact) mass is 241 g/mol. The third kappa shape index (κ3) is 4.21. The third-order valence-corrected chi connectivity index (χ3v) is 2.40. The van der Waals surface area contributed by atoms with Crippen molar-refractivity contribution in [1.29, 1.82) is 0 Å². The summed E-state index contributed by atoms with van der Waals surface area (Å²) < 4.78 is 5.06. The summed E-state index contributed by atoms with van der Waals surface area (Å²) in [6, 6.07) is 7.60. The van der Waals surface area contributed by atoms with Gasteiger partial charge in [-0.1, -0.05) is 18.2 Å². The Bertz CT molecular complexity index is 342. The number of alkyl halides is 1. The average Bonchev–Trinajstić information content (AvgIpc) is 2.29. The molecule has 0 radical (unpaired) electrons. The second-order valence-electron chi connectivity index (χ2n) is 3.43. The van der Waals surface area contributed by atoms with Gasteiger partial charge in [0.25, 0.3) is 0 Å². The van der Waals surface area contributed by atoms with Crippen molar-refractivity contribution in [2.24, 2.45) is 0 Å². The number of para-hydroxylation sites is 1. The molecule has 0 heterocycles. The fraction of sp³-hybridized carbons (Fsp3) is 0.417. The van der Waals surface area contributed by atoms with Crippen LogP contribution < -0.4 is 5.32 Å². The van der Waals surface area contributed by atoms with Crippen LogP contribution in [0.25, 0.3) is 0 Å². The fourth-order valence-electron chi connectivity index (χ4n) is 1.36. The number of ether oxygens (including phenoxy) is 1. The van der Waals surface area contributed by atoms with Gasteiger partial charge in [0.05, 0.1) is 6.61 Å². The van der Waals surface area contributed by atoms with Gasteiger partial charge in [0.15, 0.2) is 0 Å². The van der Waals surface area contributed by atoms with E-state index in [1.165, 1.54) is 0 Å². The van der Waals surface area contributed by atoms with Gasteiger partial charge in [-0.15, -0.1) is 11.6 Å². The van der Waals surface area contributed by atoms with Crippen molar-refractivity contribution in [2.75, 3.05) is 18.3 Å². The molecule has 0 atom stereocenters. The molecule has 1 amide bonds. The van der Waals surface area contributed by atoms with Crippen LogP contribution in [0.15, 0.2) is 24.3 Å². The van der Waals surface area contributed by atoms with E-state index in [9.17, 15) is 4.79 Å². The highest BCUT2D eigenvalue weighted by Gasteiger charge is 2.05. The first kappa shape index (κ1) is 13.0. The summed E-state index contributed by atoms with van der Waals surface area (Å²) in [5.41, 5.74) is 1.79. The lowest BCUT2D eigenvalue weighted by atomic mass is 10.2. The highest BCUT2D eigenvalue weighted by atomic mass is 35.5. The van der Waals surface area contributed by atoms with Gasteiger partial charge in [-0.3, -0.25) is 4.79 Å². The van der Waals surface area contributed by atoms with Crippen molar-refractivity contribution in [2.45, 2.75) is 19.4 Å². The van der Waals surface area contributed by atoms with Gasteiger partial charge < -0.3 is 10.1 Å². The van der Waals surface area contributed by atoms with E-state index in [2.05, 4.69) is 5.32 Å². The maximum absolute atomic E-state index is 11.5. The minimum absolute atomic E-state index is 0.01000. The zero-order chi connectivity index (χ0) is 11.8. The standard InChI is InChI=1S/C12H16ClNO2/c1-16-9-10-5-2-3-6-11(10)14-12(15)7-4-8-13/h2-3,5-6H,4,7-9H2,1H3,(H,14,15). The largest absolute Gasteiger partial charge is 0.380 e. The molecular weight excluding hydrogens is 226 g/mol. The Balaban J connectivity index is 2.61. The number of carbonyl (C=O) groups excluding carboxylic acids is 1. The van der Waals surface area contributed by atoms with Crippen molar-refractivity contribution in [1.82, 2.24) is 0 Å². The smallest absolute Gasteiger partial charge is 0.224 e. The van der Waals surface area contributed by atoms with E-state index < -0.39 is 0 Å². The minimum Gasteiger partial charge on any atom is -0.380 e. The Labute approximate surface area is 101 Å². The molecule has 1 aromatic carbocycles. The molecule has 88 valence electrons. The normalized spacial score (nSPS) is 10.1. The predicted octanol–water partition coefficient (Wildman–Crippen LogP) is 2.79. The van der Waals surface area contributed by atoms with E-state index in [-0.39, 0.29) is 5.91 Å². The number of anilines is 1. The Morgan fingerprint density at radius 2 is 2.19 bits per heavy atom. The van der Waals surface area contributed by atoms with Crippen LogP contribution in [0.1, 0.15) is 18.4 Å². The Kier molecular flexibility index (Phi) is 5.90. The van der Waals surface area contributed by atoms with Crippen LogP contribution in [0.4, 0.5) is 5.69 Å². The molecule has 16 heavy (non-hydrogen) atoms. The fourth-order valence-corrected chi connectivity index (χ4v) is 1.50. The predicted molar refractivity (Wildman–Crippen MR) is 65.7 cm³/mol. The first-order chi connectivity index (χ1) is 7.77. The molecule has 0 unspecified atom stereocenters. The summed E-state index contributed by atoms with van der Waals surface area (Å²) >= 11 is 5.53. The van der Waals surface area contributed by atoms with Gasteiger partial charge in [-0.05, 0) is 12.5 Å². The highest BCUT2D eigenvalue weighted by molar-refractivity contribution is 6.18. The Morgan fingerprint density at radius 1 is 1.44 bits per heavy atom. The number of carbonyl (C=O) groups is 1. The molecular formula is C12H16ClNO2. The number of halogens is 1. The van der Waals surface area contributed by atoms with Gasteiger partial charge >= 0.3 is 0 Å².